The van der Waals surface area contributed by atoms with Crippen LogP contribution in [-0.2, 0) is 0 Å². The van der Waals surface area contributed by atoms with E-state index in [9.17, 15) is 20.2 Å². The summed E-state index contributed by atoms with van der Waals surface area (Å²) >= 11 is 0. The van der Waals surface area contributed by atoms with Crippen LogP contribution in [0.1, 0.15) is 0 Å². The molecule has 0 spiro atoms. The summed E-state index contributed by atoms with van der Waals surface area (Å²) in [6.07, 6.45) is 0. The molecule has 0 bridgehead atoms. The van der Waals surface area contributed by atoms with Gasteiger partial charge in [-0.25, -0.2) is 4.52 Å². The third kappa shape index (κ3) is 2.25. The van der Waals surface area contributed by atoms with E-state index in [0.717, 1.165) is 16.9 Å². The van der Waals surface area contributed by atoms with Gasteiger partial charge in [0.1, 0.15) is 11.4 Å². The van der Waals surface area contributed by atoms with Gasteiger partial charge in [-0.05, 0) is 5.53 Å². The van der Waals surface area contributed by atoms with Crippen LogP contribution in [0.2, 0.25) is 0 Å². The molecule has 2 aromatic rings. The molecule has 1 aromatic carbocycles. The Balaban J connectivity index is 2.23. The van der Waals surface area contributed by atoms with Gasteiger partial charge in [0.05, 0.1) is 32.6 Å². The Morgan fingerprint density at radius 1 is 1.18 bits per heavy atom. The molecule has 16 nitrogen and oxygen atoms in total. The van der Waals surface area contributed by atoms with Crippen molar-refractivity contribution < 1.29 is 9.85 Å². The number of benzene rings is 2. The number of aromatic nitrogens is 4. The second-order valence-electron chi connectivity index (χ2n) is 5.40. The summed E-state index contributed by atoms with van der Waals surface area (Å²) < 4.78 is 2.44. The van der Waals surface area contributed by atoms with Crippen LogP contribution in [0, 0.1) is 25.6 Å². The predicted octanol–water partition coefficient (Wildman–Crippen LogP) is 2.45. The lowest BCUT2D eigenvalue weighted by molar-refractivity contribution is -0.385. The van der Waals surface area contributed by atoms with E-state index in [1.165, 1.54) is 16.6 Å². The number of hydrogen-bond donors (Lipinski definition) is 1. The van der Waals surface area contributed by atoms with Crippen molar-refractivity contribution in [2.75, 3.05) is 0 Å². The number of diazo groups is 1. The molecule has 2 heterocycles. The fraction of sp³-hybridized carbons (Fsp3) is 0. The normalized spacial score (nSPS) is 11.6. The zero-order valence-electron chi connectivity index (χ0n) is 13.4. The summed E-state index contributed by atoms with van der Waals surface area (Å²) in [4.78, 5) is 23.7. The molecule has 0 radical (unpaired) electrons. The molecule has 1 aliphatic heterocycles. The molecular weight excluding hydrogens is 376 g/mol. The molecule has 136 valence electrons. The molecule has 0 saturated heterocycles. The summed E-state index contributed by atoms with van der Waals surface area (Å²) in [7, 11) is 0. The first-order valence-corrected chi connectivity index (χ1v) is 7.28. The van der Waals surface area contributed by atoms with Gasteiger partial charge in [0.15, 0.2) is 10.5 Å². The Kier molecular flexibility index (Phi) is 3.38. The van der Waals surface area contributed by atoms with E-state index in [-0.39, 0.29) is 44.8 Å². The summed E-state index contributed by atoms with van der Waals surface area (Å²) in [5.74, 6) is 0. The second kappa shape index (κ2) is 5.76. The van der Waals surface area contributed by atoms with Gasteiger partial charge in [0, 0.05) is 23.1 Å². The minimum atomic E-state index is -0.678. The molecule has 0 unspecified atom stereocenters. The summed E-state index contributed by atoms with van der Waals surface area (Å²) in [5, 5.41) is 47.5. The fourth-order valence-electron chi connectivity index (χ4n) is 2.84. The first-order chi connectivity index (χ1) is 13.4. The molecule has 2 aliphatic rings. The highest BCUT2D eigenvalue weighted by Gasteiger charge is 2.25. The smallest absolute Gasteiger partial charge is 0.260 e. The summed E-state index contributed by atoms with van der Waals surface area (Å²) in [6, 6.07) is 4.51. The molecule has 0 saturated carbocycles. The van der Waals surface area contributed by atoms with Crippen molar-refractivity contribution in [3.8, 4) is 11.4 Å². The number of hydrogen-bond acceptors (Lipinski definition) is 8. The highest BCUT2D eigenvalue weighted by molar-refractivity contribution is 5.90. The third-order valence-electron chi connectivity index (χ3n) is 3.91. The lowest BCUT2D eigenvalue weighted by atomic mass is 10.2. The largest absolute Gasteiger partial charge is 0.339 e. The van der Waals surface area contributed by atoms with Crippen LogP contribution in [-0.4, -0.2) is 29.3 Å². The summed E-state index contributed by atoms with van der Waals surface area (Å²) in [6.45, 7) is 0. The number of azide groups is 1. The zero-order chi connectivity index (χ0) is 20.0. The van der Waals surface area contributed by atoms with Gasteiger partial charge in [-0.15, -0.1) is 9.84 Å². The first-order valence-electron chi connectivity index (χ1n) is 7.28. The number of fused-ring (bicyclic) bond motifs is 5. The van der Waals surface area contributed by atoms with E-state index in [0.29, 0.717) is 0 Å². The number of nitro groups is 2. The number of aromatic amines is 1. The van der Waals surface area contributed by atoms with Crippen LogP contribution < -0.4 is 5.36 Å². The molecule has 4 rings (SSSR count). The van der Waals surface area contributed by atoms with Crippen molar-refractivity contribution in [3.05, 3.63) is 65.4 Å². The molecule has 1 aromatic heterocycles. The van der Waals surface area contributed by atoms with Crippen LogP contribution in [0.25, 0.3) is 37.9 Å². The van der Waals surface area contributed by atoms with Crippen LogP contribution >= 0.6 is 0 Å². The minimum Gasteiger partial charge on any atom is -0.260 e. The number of rotatable bonds is 3. The lowest BCUT2D eigenvalue weighted by Crippen LogP contribution is -2.08. The van der Waals surface area contributed by atoms with E-state index in [1.807, 2.05) is 0 Å². The average Bonchev–Trinajstić information content (AvgIpc) is 3.18. The maximum atomic E-state index is 11.2. The molecule has 0 amide bonds. The third-order valence-corrected chi connectivity index (χ3v) is 3.91. The molecule has 16 heteroatoms. The zero-order valence-corrected chi connectivity index (χ0v) is 13.4. The van der Waals surface area contributed by atoms with Gasteiger partial charge in [-0.3, -0.25) is 25.3 Å². The van der Waals surface area contributed by atoms with Gasteiger partial charge in [-0.2, -0.15) is 0 Å². The lowest BCUT2D eigenvalue weighted by Gasteiger charge is -1.99. The highest BCUT2D eigenvalue weighted by Crippen LogP contribution is 2.33. The average molecular weight is 381 g/mol. The SMILES string of the molecule is N#[N+]N=c1cc([N+](=O)[O-])cc2n3c4cc([N+](=O)[O-])cc(N=[N+]=[N-])c4[nH]n3nc1-2. The van der Waals surface area contributed by atoms with Crippen LogP contribution in [0.15, 0.2) is 34.5 Å². The number of non-ortho nitro benzene ring substituents is 2. The van der Waals surface area contributed by atoms with Crippen molar-refractivity contribution in [3.63, 3.8) is 0 Å². The Morgan fingerprint density at radius 2 is 1.89 bits per heavy atom. The van der Waals surface area contributed by atoms with Crippen LogP contribution in [0.4, 0.5) is 17.1 Å². The Hall–Kier alpha value is -5.03. The van der Waals surface area contributed by atoms with E-state index in [2.05, 4.69) is 30.4 Å². The van der Waals surface area contributed by atoms with E-state index in [4.69, 9.17) is 10.9 Å². The van der Waals surface area contributed by atoms with Gasteiger partial charge in [-0.1, -0.05) is 5.11 Å². The molecule has 1 aliphatic carbocycles. The van der Waals surface area contributed by atoms with Gasteiger partial charge >= 0.3 is 5.08 Å². The predicted molar refractivity (Wildman–Crippen MR) is 89.9 cm³/mol. The maximum Gasteiger partial charge on any atom is 0.339 e. The number of nitrogens with one attached hydrogen (secondary N) is 1. The monoisotopic (exact) mass is 381 g/mol. The van der Waals surface area contributed by atoms with E-state index in [1.54, 1.807) is 0 Å². The Labute approximate surface area is 150 Å². The molecule has 0 atom stereocenters. The van der Waals surface area contributed by atoms with E-state index >= 15 is 0 Å². The van der Waals surface area contributed by atoms with Gasteiger partial charge < -0.3 is 0 Å². The van der Waals surface area contributed by atoms with E-state index < -0.39 is 9.85 Å². The van der Waals surface area contributed by atoms with Crippen LogP contribution in [0.5, 0.6) is 0 Å². The Bertz CT molecular complexity index is 1440. The highest BCUT2D eigenvalue weighted by atomic mass is 16.6. The first kappa shape index (κ1) is 16.4. The summed E-state index contributed by atoms with van der Waals surface area (Å²) in [5.41, 5.74) is 8.60. The maximum absolute atomic E-state index is 11.2. The van der Waals surface area contributed by atoms with Crippen molar-refractivity contribution in [2.24, 2.45) is 10.2 Å². The molecule has 0 fully saturated rings. The van der Waals surface area contributed by atoms with Crippen molar-refractivity contribution in [2.45, 2.75) is 0 Å². The Morgan fingerprint density at radius 3 is 2.54 bits per heavy atom. The quantitative estimate of drug-likeness (QED) is 0.140. The number of nitrogens with zero attached hydrogens (tertiary/aromatic N) is 11. The number of nitro benzene ring substituents is 2. The minimum absolute atomic E-state index is 0.0569. The second-order valence-corrected chi connectivity index (χ2v) is 5.40. The topological polar surface area (TPSA) is 213 Å². The molecule has 1 N–H and O–H groups in total. The van der Waals surface area contributed by atoms with Crippen molar-refractivity contribution >= 4 is 28.1 Å². The van der Waals surface area contributed by atoms with Crippen molar-refractivity contribution in [1.29, 1.82) is 5.39 Å². The molecular formula is C12H5N12O4+. The van der Waals surface area contributed by atoms with Gasteiger partial charge in [0.25, 0.3) is 16.8 Å². The fourth-order valence-corrected chi connectivity index (χ4v) is 2.84. The van der Waals surface area contributed by atoms with Gasteiger partial charge in [0.2, 0.25) is 0 Å². The molecule has 28 heavy (non-hydrogen) atoms. The van der Waals surface area contributed by atoms with Crippen molar-refractivity contribution in [1.82, 2.24) is 19.5 Å². The number of H-pyrrole nitrogens is 1. The standard InChI is InChI=1S/C12H5N12O4/c13-19-15-7-1-5(22(25)26)3-9-11(7)17-24-18-12-8(16-20-14)2-6(23(27)28)4-10(12)21(9)24/h1-4,17H/q+1. The van der Waals surface area contributed by atoms with Crippen LogP contribution in [0.3, 0.4) is 0 Å².